The molecule has 0 radical (unpaired) electrons. The number of para-hydroxylation sites is 1. The van der Waals surface area contributed by atoms with Crippen LogP contribution in [0.5, 0.6) is 5.75 Å². The van der Waals surface area contributed by atoms with Crippen LogP contribution in [0.3, 0.4) is 0 Å². The van der Waals surface area contributed by atoms with Crippen LogP contribution < -0.4 is 14.5 Å². The van der Waals surface area contributed by atoms with Crippen molar-refractivity contribution >= 4 is 29.1 Å². The summed E-state index contributed by atoms with van der Waals surface area (Å²) in [5.74, 6) is -1.06. The summed E-state index contributed by atoms with van der Waals surface area (Å²) in [4.78, 5) is 48.0. The van der Waals surface area contributed by atoms with Crippen molar-refractivity contribution < 1.29 is 28.7 Å². The number of carbonyl (C=O) groups is 3. The molecule has 0 aromatic heterocycles. The Balaban J connectivity index is 1.50. The van der Waals surface area contributed by atoms with Crippen molar-refractivity contribution in [1.82, 2.24) is 5.06 Å². The smallest absolute Gasteiger partial charge is 0.265 e. The molecule has 3 amide bonds. The minimum atomic E-state index is -0.941. The maximum atomic E-state index is 13.4. The molecule has 32 heavy (non-hydrogen) atoms. The van der Waals surface area contributed by atoms with E-state index in [1.807, 2.05) is 6.07 Å². The van der Waals surface area contributed by atoms with Crippen LogP contribution in [0.1, 0.15) is 0 Å². The summed E-state index contributed by atoms with van der Waals surface area (Å²) in [5.41, 5.74) is 1.16. The van der Waals surface area contributed by atoms with Gasteiger partial charge in [0.15, 0.2) is 12.2 Å². The van der Waals surface area contributed by atoms with Gasteiger partial charge in [-0.15, -0.1) is 0 Å². The second-order valence-electron chi connectivity index (χ2n) is 7.99. The molecule has 0 unspecified atom stereocenters. The Morgan fingerprint density at radius 3 is 2.12 bits per heavy atom. The number of benzene rings is 2. The van der Waals surface area contributed by atoms with E-state index >= 15 is 0 Å². The van der Waals surface area contributed by atoms with E-state index < -0.39 is 36.1 Å². The van der Waals surface area contributed by atoms with E-state index in [9.17, 15) is 14.4 Å². The number of β-lactam (4-membered cyclic amide) rings is 1. The zero-order valence-electron chi connectivity index (χ0n) is 17.9. The Kier molecular flexibility index (Phi) is 4.96. The fourth-order valence-corrected chi connectivity index (χ4v) is 4.94. The van der Waals surface area contributed by atoms with Crippen LogP contribution >= 0.6 is 0 Å². The van der Waals surface area contributed by atoms with Crippen LogP contribution in [-0.4, -0.2) is 68.3 Å². The number of likely N-dealkylation sites (N-methyl/N-ethyl adjacent to an activating group) is 1. The minimum Gasteiger partial charge on any atom is -0.497 e. The second-order valence-corrected chi connectivity index (χ2v) is 7.99. The van der Waals surface area contributed by atoms with Gasteiger partial charge in [0.1, 0.15) is 5.75 Å². The van der Waals surface area contributed by atoms with Gasteiger partial charge in [0.25, 0.3) is 11.8 Å². The SMILES string of the molecule is COc1ccc(N2C(=O)[C@H](OC)[C@@H]2[C@H]2[C@@H]3C(=O)N(c4ccccc4)C(=O)[C@@H]3ON2C)cc1. The van der Waals surface area contributed by atoms with Gasteiger partial charge in [0, 0.05) is 19.8 Å². The molecule has 5 atom stereocenters. The molecular weight excluding hydrogens is 414 g/mol. The van der Waals surface area contributed by atoms with Crippen molar-refractivity contribution in [2.45, 2.75) is 24.3 Å². The summed E-state index contributed by atoms with van der Waals surface area (Å²) >= 11 is 0. The van der Waals surface area contributed by atoms with Gasteiger partial charge in [0.2, 0.25) is 5.91 Å². The molecule has 3 aliphatic rings. The highest BCUT2D eigenvalue weighted by molar-refractivity contribution is 6.23. The quantitative estimate of drug-likeness (QED) is 0.514. The van der Waals surface area contributed by atoms with E-state index in [2.05, 4.69) is 0 Å². The third kappa shape index (κ3) is 2.85. The fraction of sp³-hybridized carbons (Fsp3) is 0.348. The first-order valence-corrected chi connectivity index (χ1v) is 10.3. The van der Waals surface area contributed by atoms with E-state index in [0.717, 1.165) is 0 Å². The molecule has 5 rings (SSSR count). The lowest BCUT2D eigenvalue weighted by atomic mass is 9.81. The number of ether oxygens (including phenoxy) is 2. The number of hydrogen-bond acceptors (Lipinski definition) is 7. The molecule has 0 bridgehead atoms. The summed E-state index contributed by atoms with van der Waals surface area (Å²) in [7, 11) is 4.71. The number of carbonyl (C=O) groups excluding carboxylic acids is 3. The van der Waals surface area contributed by atoms with Crippen molar-refractivity contribution in [3.8, 4) is 5.75 Å². The second kappa shape index (κ2) is 7.70. The molecule has 2 aromatic carbocycles. The molecule has 9 heteroatoms. The van der Waals surface area contributed by atoms with Crippen LogP contribution in [0.25, 0.3) is 0 Å². The van der Waals surface area contributed by atoms with E-state index in [-0.39, 0.29) is 11.8 Å². The average Bonchev–Trinajstić information content (AvgIpc) is 3.26. The van der Waals surface area contributed by atoms with Crippen LogP contribution in [0.15, 0.2) is 54.6 Å². The Hall–Kier alpha value is -3.27. The first kappa shape index (κ1) is 20.6. The van der Waals surface area contributed by atoms with E-state index in [0.29, 0.717) is 17.1 Å². The number of imide groups is 1. The van der Waals surface area contributed by atoms with Crippen LogP contribution in [0, 0.1) is 5.92 Å². The van der Waals surface area contributed by atoms with Crippen molar-refractivity contribution in [3.63, 3.8) is 0 Å². The number of methoxy groups -OCH3 is 2. The largest absolute Gasteiger partial charge is 0.497 e. The molecule has 9 nitrogen and oxygen atoms in total. The predicted octanol–water partition coefficient (Wildman–Crippen LogP) is 1.23. The van der Waals surface area contributed by atoms with Gasteiger partial charge >= 0.3 is 0 Å². The van der Waals surface area contributed by atoms with Gasteiger partial charge in [-0.25, -0.2) is 4.90 Å². The highest BCUT2D eigenvalue weighted by Crippen LogP contribution is 2.44. The Morgan fingerprint density at radius 2 is 1.50 bits per heavy atom. The lowest BCUT2D eigenvalue weighted by Crippen LogP contribution is -2.73. The van der Waals surface area contributed by atoms with Crippen molar-refractivity contribution in [1.29, 1.82) is 0 Å². The van der Waals surface area contributed by atoms with Crippen LogP contribution in [-0.2, 0) is 24.0 Å². The van der Waals surface area contributed by atoms with Gasteiger partial charge in [-0.2, -0.15) is 5.06 Å². The lowest BCUT2D eigenvalue weighted by molar-refractivity contribution is -0.170. The summed E-state index contributed by atoms with van der Waals surface area (Å²) in [5, 5.41) is 1.52. The molecule has 3 saturated heterocycles. The molecular formula is C23H23N3O6. The summed E-state index contributed by atoms with van der Waals surface area (Å²) < 4.78 is 10.7. The third-order valence-electron chi connectivity index (χ3n) is 6.42. The molecule has 0 aliphatic carbocycles. The number of fused-ring (bicyclic) bond motifs is 1. The molecule has 0 N–H and O–H groups in total. The summed E-state index contributed by atoms with van der Waals surface area (Å²) in [6.45, 7) is 0. The van der Waals surface area contributed by atoms with Gasteiger partial charge < -0.3 is 14.4 Å². The number of hydroxylamine groups is 2. The topological polar surface area (TPSA) is 88.6 Å². The normalized spacial score (nSPS) is 30.0. The van der Waals surface area contributed by atoms with Crippen LogP contribution in [0.4, 0.5) is 11.4 Å². The maximum absolute atomic E-state index is 13.4. The van der Waals surface area contributed by atoms with Gasteiger partial charge in [-0.3, -0.25) is 19.2 Å². The van der Waals surface area contributed by atoms with E-state index in [1.54, 1.807) is 67.6 Å². The monoisotopic (exact) mass is 437 g/mol. The van der Waals surface area contributed by atoms with Gasteiger partial charge in [-0.05, 0) is 36.4 Å². The van der Waals surface area contributed by atoms with Gasteiger partial charge in [0.05, 0.1) is 30.8 Å². The molecule has 3 aliphatic heterocycles. The molecule has 166 valence electrons. The highest BCUT2D eigenvalue weighted by Gasteiger charge is 2.66. The number of amides is 3. The van der Waals surface area contributed by atoms with Crippen molar-refractivity contribution in [3.05, 3.63) is 54.6 Å². The molecule has 3 heterocycles. The van der Waals surface area contributed by atoms with Crippen molar-refractivity contribution in [2.75, 3.05) is 31.1 Å². The fourth-order valence-electron chi connectivity index (χ4n) is 4.94. The highest BCUT2D eigenvalue weighted by atomic mass is 16.7. The van der Waals surface area contributed by atoms with Gasteiger partial charge in [-0.1, -0.05) is 18.2 Å². The molecule has 3 fully saturated rings. The first-order chi connectivity index (χ1) is 15.5. The Labute approximate surface area is 185 Å². The zero-order valence-corrected chi connectivity index (χ0v) is 17.9. The van der Waals surface area contributed by atoms with Crippen molar-refractivity contribution in [2.24, 2.45) is 5.92 Å². The Morgan fingerprint density at radius 1 is 0.812 bits per heavy atom. The maximum Gasteiger partial charge on any atom is 0.265 e. The number of rotatable bonds is 5. The number of anilines is 2. The first-order valence-electron chi connectivity index (χ1n) is 10.3. The number of hydrogen-bond donors (Lipinski definition) is 0. The Bertz CT molecular complexity index is 1060. The minimum absolute atomic E-state index is 0.212. The van der Waals surface area contributed by atoms with E-state index in [1.165, 1.54) is 17.1 Å². The lowest BCUT2D eigenvalue weighted by Gasteiger charge is -2.50. The molecule has 0 spiro atoms. The summed E-state index contributed by atoms with van der Waals surface area (Å²) in [6.07, 6.45) is -1.69. The zero-order chi connectivity index (χ0) is 22.6. The van der Waals surface area contributed by atoms with Crippen LogP contribution in [0.2, 0.25) is 0 Å². The molecule has 2 aromatic rings. The third-order valence-corrected chi connectivity index (χ3v) is 6.42. The predicted molar refractivity (Wildman–Crippen MR) is 114 cm³/mol. The summed E-state index contributed by atoms with van der Waals surface area (Å²) in [6, 6.07) is 14.8. The number of nitrogens with zero attached hydrogens (tertiary/aromatic N) is 3. The molecule has 0 saturated carbocycles. The standard InChI is InChI=1S/C23H23N3O6/c1-24-17(16-19(32-24)22(28)26(21(16)27)13-7-5-4-6-8-13)18-20(31-3)23(29)25(18)14-9-11-15(30-2)12-10-14/h4-12,16-20H,1-3H3/t16-,17+,18-,19+,20+/m0/s1. The average molecular weight is 437 g/mol. The van der Waals surface area contributed by atoms with E-state index in [4.69, 9.17) is 14.3 Å².